The van der Waals surface area contributed by atoms with E-state index in [-0.39, 0.29) is 6.61 Å². The van der Waals surface area contributed by atoms with E-state index in [2.05, 4.69) is 44.0 Å². The van der Waals surface area contributed by atoms with Crippen molar-refractivity contribution in [1.29, 1.82) is 5.26 Å². The van der Waals surface area contributed by atoms with E-state index >= 15 is 0 Å². The van der Waals surface area contributed by atoms with Crippen LogP contribution in [-0.4, -0.2) is 39.6 Å². The zero-order valence-corrected chi connectivity index (χ0v) is 19.9. The Labute approximate surface area is 202 Å². The molecule has 1 aliphatic rings. The van der Waals surface area contributed by atoms with Gasteiger partial charge in [-0.25, -0.2) is 0 Å². The molecular weight excluding hydrogens is 482 g/mol. The molecule has 0 atom stereocenters. The number of morpholine rings is 1. The second-order valence-electron chi connectivity index (χ2n) is 7.47. The quantitative estimate of drug-likeness (QED) is 0.396. The number of hydrogen-bond acceptors (Lipinski definition) is 6. The van der Waals surface area contributed by atoms with Crippen LogP contribution in [0, 0.1) is 11.3 Å². The molecule has 0 unspecified atom stereocenters. The third kappa shape index (κ3) is 5.72. The zero-order chi connectivity index (χ0) is 23.0. The molecule has 0 amide bonds. The minimum Gasteiger partial charge on any atom is -0.493 e. The Balaban J connectivity index is 1.47. The van der Waals surface area contributed by atoms with Gasteiger partial charge >= 0.3 is 0 Å². The lowest BCUT2D eigenvalue weighted by Crippen LogP contribution is -2.36. The second kappa shape index (κ2) is 11.0. The summed E-state index contributed by atoms with van der Waals surface area (Å²) in [5, 5.41) is 9.28. The van der Waals surface area contributed by atoms with Crippen molar-refractivity contribution in [3.63, 3.8) is 0 Å². The van der Waals surface area contributed by atoms with Crippen molar-refractivity contribution >= 4 is 33.5 Å². The van der Waals surface area contributed by atoms with Crippen LogP contribution < -0.4 is 14.4 Å². The smallest absolute Gasteiger partial charge is 0.175 e. The SMILES string of the molecule is COc1cc(C=Nc2ccc(N3CCOCC3)cc2)cc(Br)c1OCc1ccccc1C#N. The van der Waals surface area contributed by atoms with Gasteiger partial charge in [-0.05, 0) is 64.0 Å². The minimum atomic E-state index is 0.265. The molecule has 0 aromatic heterocycles. The van der Waals surface area contributed by atoms with E-state index in [9.17, 15) is 5.26 Å². The van der Waals surface area contributed by atoms with Gasteiger partial charge in [0.1, 0.15) is 6.61 Å². The first-order valence-corrected chi connectivity index (χ1v) is 11.4. The molecule has 3 aromatic carbocycles. The molecular formula is C26H24BrN3O3. The third-order valence-corrected chi connectivity index (χ3v) is 5.94. The van der Waals surface area contributed by atoms with Crippen LogP contribution in [0.3, 0.4) is 0 Å². The molecule has 4 rings (SSSR count). The summed E-state index contributed by atoms with van der Waals surface area (Å²) in [6, 6.07) is 21.6. The Morgan fingerprint density at radius 3 is 2.61 bits per heavy atom. The summed E-state index contributed by atoms with van der Waals surface area (Å²) in [7, 11) is 1.60. The molecule has 0 N–H and O–H groups in total. The molecule has 6 nitrogen and oxygen atoms in total. The van der Waals surface area contributed by atoms with E-state index in [1.54, 1.807) is 19.4 Å². The fraction of sp³-hybridized carbons (Fsp3) is 0.231. The number of hydrogen-bond donors (Lipinski definition) is 0. The number of aliphatic imine (C=N–C) groups is 1. The van der Waals surface area contributed by atoms with Gasteiger partial charge in [-0.1, -0.05) is 18.2 Å². The van der Waals surface area contributed by atoms with E-state index in [1.807, 2.05) is 42.5 Å². The minimum absolute atomic E-state index is 0.265. The van der Waals surface area contributed by atoms with Crippen LogP contribution in [0.5, 0.6) is 11.5 Å². The maximum absolute atomic E-state index is 9.28. The molecule has 0 radical (unpaired) electrons. The van der Waals surface area contributed by atoms with E-state index in [1.165, 1.54) is 5.69 Å². The fourth-order valence-electron chi connectivity index (χ4n) is 3.58. The van der Waals surface area contributed by atoms with Crippen molar-refractivity contribution in [2.24, 2.45) is 4.99 Å². The predicted octanol–water partition coefficient (Wildman–Crippen LogP) is 5.50. The monoisotopic (exact) mass is 505 g/mol. The van der Waals surface area contributed by atoms with Crippen LogP contribution in [0.1, 0.15) is 16.7 Å². The van der Waals surface area contributed by atoms with E-state index in [0.29, 0.717) is 17.1 Å². The molecule has 7 heteroatoms. The van der Waals surface area contributed by atoms with E-state index in [4.69, 9.17) is 14.2 Å². The summed E-state index contributed by atoms with van der Waals surface area (Å²) in [6.45, 7) is 3.61. The van der Waals surface area contributed by atoms with Crippen molar-refractivity contribution in [2.75, 3.05) is 38.3 Å². The number of anilines is 1. The first-order valence-electron chi connectivity index (χ1n) is 10.6. The number of rotatable bonds is 7. The molecule has 3 aromatic rings. The number of ether oxygens (including phenoxy) is 3. The van der Waals surface area contributed by atoms with Crippen molar-refractivity contribution in [3.05, 3.63) is 81.8 Å². The van der Waals surface area contributed by atoms with E-state index in [0.717, 1.165) is 47.6 Å². The number of nitriles is 1. The van der Waals surface area contributed by atoms with Crippen LogP contribution in [0.2, 0.25) is 0 Å². The summed E-state index contributed by atoms with van der Waals surface area (Å²) in [4.78, 5) is 6.92. The molecule has 0 aliphatic carbocycles. The summed E-state index contributed by atoms with van der Waals surface area (Å²) >= 11 is 3.58. The highest BCUT2D eigenvalue weighted by Crippen LogP contribution is 2.37. The normalized spacial score (nSPS) is 13.7. The van der Waals surface area contributed by atoms with Gasteiger partial charge in [0.15, 0.2) is 11.5 Å². The first kappa shape index (κ1) is 22.8. The van der Waals surface area contributed by atoms with Crippen molar-refractivity contribution in [1.82, 2.24) is 0 Å². The lowest BCUT2D eigenvalue weighted by molar-refractivity contribution is 0.122. The van der Waals surface area contributed by atoms with Crippen LogP contribution in [0.4, 0.5) is 11.4 Å². The molecule has 1 aliphatic heterocycles. The Hall–Kier alpha value is -3.34. The van der Waals surface area contributed by atoms with Crippen LogP contribution in [0.25, 0.3) is 0 Å². The Kier molecular flexibility index (Phi) is 7.61. The maximum Gasteiger partial charge on any atom is 0.175 e. The van der Waals surface area contributed by atoms with Gasteiger partial charge in [0, 0.05) is 30.6 Å². The number of halogens is 1. The fourth-order valence-corrected chi connectivity index (χ4v) is 4.15. The largest absolute Gasteiger partial charge is 0.493 e. The average molecular weight is 506 g/mol. The van der Waals surface area contributed by atoms with Crippen LogP contribution in [0.15, 0.2) is 70.1 Å². The topological polar surface area (TPSA) is 67.1 Å². The highest BCUT2D eigenvalue weighted by atomic mass is 79.9. The highest BCUT2D eigenvalue weighted by Gasteiger charge is 2.13. The standard InChI is InChI=1S/C26H24BrN3O3/c1-31-25-15-19(14-24(27)26(25)33-18-21-5-3-2-4-20(21)16-28)17-29-22-6-8-23(9-7-22)30-10-12-32-13-11-30/h2-9,14-15,17H,10-13,18H2,1H3. The zero-order valence-electron chi connectivity index (χ0n) is 18.3. The van der Waals surface area contributed by atoms with Gasteiger partial charge < -0.3 is 19.1 Å². The lowest BCUT2D eigenvalue weighted by Gasteiger charge is -2.28. The van der Waals surface area contributed by atoms with Gasteiger partial charge in [-0.15, -0.1) is 0 Å². The van der Waals surface area contributed by atoms with Crippen LogP contribution in [-0.2, 0) is 11.3 Å². The van der Waals surface area contributed by atoms with Crippen molar-refractivity contribution in [3.8, 4) is 17.6 Å². The van der Waals surface area contributed by atoms with Gasteiger partial charge in [-0.2, -0.15) is 5.26 Å². The molecule has 168 valence electrons. The number of benzene rings is 3. The average Bonchev–Trinajstić information content (AvgIpc) is 2.87. The maximum atomic E-state index is 9.28. The molecule has 33 heavy (non-hydrogen) atoms. The summed E-state index contributed by atoms with van der Waals surface area (Å²) in [5.41, 5.74) is 4.34. The Morgan fingerprint density at radius 1 is 1.12 bits per heavy atom. The van der Waals surface area contributed by atoms with Gasteiger partial charge in [0.2, 0.25) is 0 Å². The number of methoxy groups -OCH3 is 1. The Morgan fingerprint density at radius 2 is 1.88 bits per heavy atom. The molecule has 1 heterocycles. The second-order valence-corrected chi connectivity index (χ2v) is 8.32. The van der Waals surface area contributed by atoms with Gasteiger partial charge in [-0.3, -0.25) is 4.99 Å². The Bertz CT molecular complexity index is 1170. The third-order valence-electron chi connectivity index (χ3n) is 5.35. The highest BCUT2D eigenvalue weighted by molar-refractivity contribution is 9.10. The molecule has 0 saturated carbocycles. The summed E-state index contributed by atoms with van der Waals surface area (Å²) in [5.74, 6) is 1.17. The van der Waals surface area contributed by atoms with Gasteiger partial charge in [0.25, 0.3) is 0 Å². The van der Waals surface area contributed by atoms with Gasteiger partial charge in [0.05, 0.1) is 42.1 Å². The molecule has 0 bridgehead atoms. The summed E-state index contributed by atoms with van der Waals surface area (Å²) < 4.78 is 17.7. The van der Waals surface area contributed by atoms with Crippen molar-refractivity contribution < 1.29 is 14.2 Å². The van der Waals surface area contributed by atoms with Crippen molar-refractivity contribution in [2.45, 2.75) is 6.61 Å². The molecule has 0 spiro atoms. The van der Waals surface area contributed by atoms with E-state index < -0.39 is 0 Å². The predicted molar refractivity (Wildman–Crippen MR) is 133 cm³/mol. The lowest BCUT2D eigenvalue weighted by atomic mass is 10.1. The number of nitrogens with zero attached hydrogens (tertiary/aromatic N) is 3. The molecule has 1 fully saturated rings. The summed E-state index contributed by atoms with van der Waals surface area (Å²) in [6.07, 6.45) is 1.80. The molecule has 1 saturated heterocycles. The van der Waals surface area contributed by atoms with Crippen LogP contribution >= 0.6 is 15.9 Å². The first-order chi connectivity index (χ1) is 16.2.